The Balaban J connectivity index is 2.72. The molecule has 0 bridgehead atoms. The van der Waals surface area contributed by atoms with Crippen LogP contribution < -0.4 is 9.47 Å². The molecule has 0 heterocycles. The van der Waals surface area contributed by atoms with Crippen LogP contribution in [0.3, 0.4) is 0 Å². The Labute approximate surface area is 113 Å². The minimum absolute atomic E-state index is 0.00138. The summed E-state index contributed by atoms with van der Waals surface area (Å²) in [5.74, 6) is 1.20. The van der Waals surface area contributed by atoms with Crippen molar-refractivity contribution in [1.29, 1.82) is 0 Å². The highest BCUT2D eigenvalue weighted by atomic mass is 16.5. The molecule has 0 saturated carbocycles. The molecule has 0 aliphatic carbocycles. The Morgan fingerprint density at radius 1 is 1.42 bits per heavy atom. The number of amides is 1. The topological polar surface area (TPSA) is 59.0 Å². The quantitative estimate of drug-likeness (QED) is 0.850. The molecular weight excluding hydrogens is 246 g/mol. The van der Waals surface area contributed by atoms with Gasteiger partial charge in [-0.3, -0.25) is 4.79 Å². The minimum atomic E-state index is -0.634. The summed E-state index contributed by atoms with van der Waals surface area (Å²) in [4.78, 5) is 13.0. The van der Waals surface area contributed by atoms with E-state index in [4.69, 9.17) is 9.47 Å². The number of carbonyl (C=O) groups is 1. The van der Waals surface area contributed by atoms with Crippen molar-refractivity contribution in [2.75, 3.05) is 27.8 Å². The number of aliphatic hydroxyl groups is 1. The van der Waals surface area contributed by atoms with Crippen molar-refractivity contribution in [2.24, 2.45) is 0 Å². The second-order valence-electron chi connectivity index (χ2n) is 4.47. The van der Waals surface area contributed by atoms with Gasteiger partial charge in [0.05, 0.1) is 26.2 Å². The van der Waals surface area contributed by atoms with E-state index >= 15 is 0 Å². The van der Waals surface area contributed by atoms with Crippen LogP contribution in [0.1, 0.15) is 25.0 Å². The Hall–Kier alpha value is -1.75. The van der Waals surface area contributed by atoms with Gasteiger partial charge in [0.2, 0.25) is 5.91 Å². The number of aliphatic hydroxyl groups excluding tert-OH is 1. The van der Waals surface area contributed by atoms with Gasteiger partial charge in [0.15, 0.2) is 0 Å². The lowest BCUT2D eigenvalue weighted by atomic mass is 10.1. The lowest BCUT2D eigenvalue weighted by Crippen LogP contribution is -2.23. The van der Waals surface area contributed by atoms with Crippen LogP contribution in [0.2, 0.25) is 0 Å². The van der Waals surface area contributed by atoms with Gasteiger partial charge < -0.3 is 19.5 Å². The van der Waals surface area contributed by atoms with Crippen molar-refractivity contribution in [3.05, 3.63) is 23.8 Å². The molecular formula is C14H21NO4. The van der Waals surface area contributed by atoms with Crippen molar-refractivity contribution in [3.63, 3.8) is 0 Å². The molecule has 1 N–H and O–H groups in total. The lowest BCUT2D eigenvalue weighted by molar-refractivity contribution is -0.129. The normalized spacial score (nSPS) is 11.8. The first kappa shape index (κ1) is 15.3. The number of hydrogen-bond donors (Lipinski definition) is 1. The minimum Gasteiger partial charge on any atom is -0.497 e. The van der Waals surface area contributed by atoms with Gasteiger partial charge in [-0.2, -0.15) is 0 Å². The van der Waals surface area contributed by atoms with Gasteiger partial charge in [-0.15, -0.1) is 0 Å². The van der Waals surface area contributed by atoms with Gasteiger partial charge in [0, 0.05) is 25.7 Å². The summed E-state index contributed by atoms with van der Waals surface area (Å²) in [6.45, 7) is 1.93. The maximum atomic E-state index is 11.4. The highest BCUT2D eigenvalue weighted by molar-refractivity contribution is 5.75. The van der Waals surface area contributed by atoms with Gasteiger partial charge >= 0.3 is 0 Å². The number of ether oxygens (including phenoxy) is 2. The molecule has 0 unspecified atom stereocenters. The fraction of sp³-hybridized carbons (Fsp3) is 0.500. The van der Waals surface area contributed by atoms with Crippen molar-refractivity contribution < 1.29 is 19.4 Å². The first-order valence-corrected chi connectivity index (χ1v) is 6.14. The molecule has 0 saturated heterocycles. The van der Waals surface area contributed by atoms with Gasteiger partial charge in [0.25, 0.3) is 0 Å². The molecule has 106 valence electrons. The highest BCUT2D eigenvalue weighted by Crippen LogP contribution is 2.29. The van der Waals surface area contributed by atoms with Gasteiger partial charge in [-0.25, -0.2) is 0 Å². The molecule has 0 aromatic heterocycles. The van der Waals surface area contributed by atoms with Crippen molar-refractivity contribution >= 4 is 5.91 Å². The fourth-order valence-electron chi connectivity index (χ4n) is 1.58. The molecule has 1 aromatic rings. The maximum Gasteiger partial charge on any atom is 0.225 e. The predicted molar refractivity (Wildman–Crippen MR) is 72.4 cm³/mol. The third-order valence-corrected chi connectivity index (χ3v) is 2.74. The standard InChI is InChI=1S/C14H21NO4/c1-10(16)12-6-5-11(18-4)9-13(12)19-8-7-14(17)15(2)3/h5-6,9-10,16H,7-8H2,1-4H3/t10-/m1/s1. The number of carbonyl (C=O) groups excluding carboxylic acids is 1. The molecule has 1 aromatic carbocycles. The summed E-state index contributed by atoms with van der Waals surface area (Å²) < 4.78 is 10.7. The molecule has 0 aliphatic heterocycles. The van der Waals surface area contributed by atoms with E-state index < -0.39 is 6.10 Å². The first-order valence-electron chi connectivity index (χ1n) is 6.14. The average Bonchev–Trinajstić information content (AvgIpc) is 2.37. The van der Waals surface area contributed by atoms with E-state index in [-0.39, 0.29) is 12.5 Å². The van der Waals surface area contributed by atoms with Crippen LogP contribution in [-0.2, 0) is 4.79 Å². The zero-order valence-electron chi connectivity index (χ0n) is 11.8. The maximum absolute atomic E-state index is 11.4. The van der Waals surface area contributed by atoms with Crippen LogP contribution in [0, 0.1) is 0 Å². The monoisotopic (exact) mass is 267 g/mol. The summed E-state index contributed by atoms with van der Waals surface area (Å²) in [5.41, 5.74) is 0.679. The Morgan fingerprint density at radius 2 is 2.11 bits per heavy atom. The van der Waals surface area contributed by atoms with E-state index in [9.17, 15) is 9.90 Å². The smallest absolute Gasteiger partial charge is 0.225 e. The molecule has 1 atom stereocenters. The lowest BCUT2D eigenvalue weighted by Gasteiger charge is -2.15. The third-order valence-electron chi connectivity index (χ3n) is 2.74. The SMILES string of the molecule is COc1ccc([C@@H](C)O)c(OCCC(=O)N(C)C)c1. The van der Waals surface area contributed by atoms with E-state index in [2.05, 4.69) is 0 Å². The van der Waals surface area contributed by atoms with Crippen LogP contribution in [0.5, 0.6) is 11.5 Å². The largest absolute Gasteiger partial charge is 0.497 e. The van der Waals surface area contributed by atoms with Crippen LogP contribution in [0.4, 0.5) is 0 Å². The van der Waals surface area contributed by atoms with E-state index in [1.807, 2.05) is 0 Å². The first-order chi connectivity index (χ1) is 8.95. The van der Waals surface area contributed by atoms with Gasteiger partial charge in [0.1, 0.15) is 11.5 Å². The molecule has 0 radical (unpaired) electrons. The van der Waals surface area contributed by atoms with Crippen molar-refractivity contribution in [1.82, 2.24) is 4.90 Å². The molecule has 19 heavy (non-hydrogen) atoms. The van der Waals surface area contributed by atoms with E-state index in [1.54, 1.807) is 46.3 Å². The van der Waals surface area contributed by atoms with Gasteiger partial charge in [-0.1, -0.05) is 0 Å². The number of nitrogens with zero attached hydrogens (tertiary/aromatic N) is 1. The summed E-state index contributed by atoms with van der Waals surface area (Å²) >= 11 is 0. The molecule has 1 amide bonds. The Bertz CT molecular complexity index is 429. The fourth-order valence-corrected chi connectivity index (χ4v) is 1.58. The third kappa shape index (κ3) is 4.44. The molecule has 0 aliphatic rings. The molecule has 0 spiro atoms. The summed E-state index contributed by atoms with van der Waals surface area (Å²) in [6.07, 6.45) is -0.339. The second-order valence-corrected chi connectivity index (χ2v) is 4.47. The van der Waals surface area contributed by atoms with Crippen LogP contribution in [-0.4, -0.2) is 43.7 Å². The van der Waals surface area contributed by atoms with E-state index in [0.29, 0.717) is 23.5 Å². The number of methoxy groups -OCH3 is 1. The van der Waals surface area contributed by atoms with Crippen LogP contribution in [0.25, 0.3) is 0 Å². The molecule has 5 heteroatoms. The molecule has 1 rings (SSSR count). The summed E-state index contributed by atoms with van der Waals surface area (Å²) in [5, 5.41) is 9.67. The van der Waals surface area contributed by atoms with Crippen molar-refractivity contribution in [3.8, 4) is 11.5 Å². The van der Waals surface area contributed by atoms with Crippen LogP contribution in [0.15, 0.2) is 18.2 Å². The number of rotatable bonds is 6. The number of benzene rings is 1. The summed E-state index contributed by atoms with van der Waals surface area (Å²) in [6, 6.07) is 5.23. The second kappa shape index (κ2) is 6.99. The summed E-state index contributed by atoms with van der Waals surface area (Å²) in [7, 11) is 4.97. The van der Waals surface area contributed by atoms with E-state index in [0.717, 1.165) is 0 Å². The molecule has 0 fully saturated rings. The van der Waals surface area contributed by atoms with Gasteiger partial charge in [-0.05, 0) is 19.1 Å². The molecule has 5 nitrogen and oxygen atoms in total. The van der Waals surface area contributed by atoms with Crippen molar-refractivity contribution in [2.45, 2.75) is 19.4 Å². The number of hydrogen-bond acceptors (Lipinski definition) is 4. The van der Waals surface area contributed by atoms with Crippen LogP contribution >= 0.6 is 0 Å². The Morgan fingerprint density at radius 3 is 2.63 bits per heavy atom. The average molecular weight is 267 g/mol. The zero-order chi connectivity index (χ0) is 14.4. The Kier molecular flexibility index (Phi) is 5.63. The van der Waals surface area contributed by atoms with E-state index in [1.165, 1.54) is 4.90 Å². The highest BCUT2D eigenvalue weighted by Gasteiger charge is 2.11. The zero-order valence-corrected chi connectivity index (χ0v) is 11.8. The predicted octanol–water partition coefficient (Wildman–Crippen LogP) is 1.61.